The van der Waals surface area contributed by atoms with Gasteiger partial charge in [-0.05, 0) is 61.8 Å². The van der Waals surface area contributed by atoms with Crippen LogP contribution in [0.5, 0.6) is 0 Å². The van der Waals surface area contributed by atoms with Crippen LogP contribution in [0.4, 0.5) is 0 Å². The Morgan fingerprint density at radius 3 is 2.50 bits per heavy atom. The Morgan fingerprint density at radius 2 is 1.91 bits per heavy atom. The first kappa shape index (κ1) is 26.3. The van der Waals surface area contributed by atoms with Crippen molar-refractivity contribution >= 4 is 41.0 Å². The van der Waals surface area contributed by atoms with Crippen molar-refractivity contribution in [1.82, 2.24) is 4.90 Å². The third-order valence-corrected chi connectivity index (χ3v) is 7.07. The molecule has 1 aliphatic carbocycles. The fraction of sp³-hybridized carbons (Fsp3) is 0.500. The summed E-state index contributed by atoms with van der Waals surface area (Å²) in [5.74, 6) is -2.74. The highest BCUT2D eigenvalue weighted by molar-refractivity contribution is 6.31. The lowest BCUT2D eigenvalue weighted by Crippen LogP contribution is -2.56. The number of halogens is 2. The summed E-state index contributed by atoms with van der Waals surface area (Å²) in [7, 11) is 0. The molecule has 1 aromatic carbocycles. The van der Waals surface area contributed by atoms with Crippen LogP contribution in [-0.4, -0.2) is 40.5 Å². The van der Waals surface area contributed by atoms with Crippen LogP contribution in [0.15, 0.2) is 47.5 Å². The molecule has 1 fully saturated rings. The van der Waals surface area contributed by atoms with E-state index in [0.29, 0.717) is 35.7 Å². The summed E-state index contributed by atoms with van der Waals surface area (Å²) in [6.07, 6.45) is 7.69. The summed E-state index contributed by atoms with van der Waals surface area (Å²) in [5.41, 5.74) is 0.848. The molecular formula is C26H31Cl2NO5. The highest BCUT2D eigenvalue weighted by atomic mass is 35.5. The molecule has 0 bridgehead atoms. The van der Waals surface area contributed by atoms with Crippen LogP contribution >= 0.6 is 23.2 Å². The van der Waals surface area contributed by atoms with Crippen molar-refractivity contribution < 1.29 is 24.2 Å². The van der Waals surface area contributed by atoms with Gasteiger partial charge in [0.15, 0.2) is 0 Å². The minimum Gasteiger partial charge on any atom is -0.481 e. The number of piperidine rings is 1. The lowest BCUT2D eigenvalue weighted by atomic mass is 9.70. The van der Waals surface area contributed by atoms with Crippen LogP contribution < -0.4 is 0 Å². The van der Waals surface area contributed by atoms with Gasteiger partial charge >= 0.3 is 11.9 Å². The van der Waals surface area contributed by atoms with E-state index in [-0.39, 0.29) is 30.8 Å². The molecule has 2 aliphatic rings. The highest BCUT2D eigenvalue weighted by Gasteiger charge is 2.49. The molecule has 1 heterocycles. The maximum absolute atomic E-state index is 13.8. The molecule has 5 atom stereocenters. The van der Waals surface area contributed by atoms with Crippen LogP contribution in [0.1, 0.15) is 57.6 Å². The first-order valence-corrected chi connectivity index (χ1v) is 12.5. The van der Waals surface area contributed by atoms with Crippen LogP contribution in [0.25, 0.3) is 0 Å². The first-order chi connectivity index (χ1) is 16.3. The summed E-state index contributed by atoms with van der Waals surface area (Å²) in [4.78, 5) is 40.1. The van der Waals surface area contributed by atoms with Crippen molar-refractivity contribution in [3.05, 3.63) is 58.1 Å². The number of allylic oxidation sites excluding steroid dienone is 4. The van der Waals surface area contributed by atoms with E-state index in [9.17, 15) is 19.5 Å². The molecule has 0 aromatic heterocycles. The Bertz CT molecular complexity index is 958. The zero-order valence-electron chi connectivity index (χ0n) is 19.5. The van der Waals surface area contributed by atoms with Crippen LogP contribution in [0.3, 0.4) is 0 Å². The van der Waals surface area contributed by atoms with Crippen molar-refractivity contribution in [2.45, 2.75) is 58.0 Å². The van der Waals surface area contributed by atoms with E-state index in [4.69, 9.17) is 27.9 Å². The molecule has 6 nitrogen and oxygen atoms in total. The normalized spacial score (nSPS) is 25.6. The van der Waals surface area contributed by atoms with E-state index in [2.05, 4.69) is 0 Å². The number of esters is 1. The lowest BCUT2D eigenvalue weighted by molar-refractivity contribution is -0.166. The van der Waals surface area contributed by atoms with Gasteiger partial charge in [0, 0.05) is 16.0 Å². The molecule has 1 amide bonds. The second-order valence-electron chi connectivity index (χ2n) is 8.85. The number of benzene rings is 1. The van der Waals surface area contributed by atoms with Crippen molar-refractivity contribution in [3.63, 3.8) is 0 Å². The Balaban J connectivity index is 2.16. The van der Waals surface area contributed by atoms with Gasteiger partial charge in [0.2, 0.25) is 5.91 Å². The van der Waals surface area contributed by atoms with E-state index in [1.54, 1.807) is 24.0 Å². The Hall–Kier alpha value is -2.31. The minimum absolute atomic E-state index is 0.0189. The number of nitrogens with zero attached hydrogens (tertiary/aromatic N) is 1. The number of likely N-dealkylation sites (tertiary alicyclic amines) is 1. The number of hydrogen-bond donors (Lipinski definition) is 1. The van der Waals surface area contributed by atoms with Gasteiger partial charge < -0.3 is 14.7 Å². The molecular weight excluding hydrogens is 477 g/mol. The fourth-order valence-corrected chi connectivity index (χ4v) is 5.54. The maximum atomic E-state index is 13.8. The average molecular weight is 508 g/mol. The van der Waals surface area contributed by atoms with E-state index < -0.39 is 29.9 Å². The second-order valence-corrected chi connectivity index (χ2v) is 9.72. The molecule has 1 aromatic rings. The van der Waals surface area contributed by atoms with Crippen molar-refractivity contribution in [2.75, 3.05) is 6.61 Å². The summed E-state index contributed by atoms with van der Waals surface area (Å²) in [6, 6.07) is 6.01. The van der Waals surface area contributed by atoms with Crippen LogP contribution in [-0.2, 0) is 19.1 Å². The van der Waals surface area contributed by atoms with Gasteiger partial charge in [-0.2, -0.15) is 0 Å². The molecule has 1 saturated heterocycles. The standard InChI is InChI=1S/C26H31Cl2NO5/c1-3-6-22(26(33)34-4-2)29-24(16-9-11-19(27)12-10-16)21(17-7-5-8-20(28)13-17)14-18(25(29)32)15-23(30)31/h5,8-13,17-18,21-22,24H,3-4,6-7,14-15H2,1-2H3,(H,30,31)/t17-,18?,21?,22?,24?/m1/s1. The Morgan fingerprint density at radius 1 is 1.21 bits per heavy atom. The highest BCUT2D eigenvalue weighted by Crippen LogP contribution is 2.48. The van der Waals surface area contributed by atoms with Gasteiger partial charge in [0.25, 0.3) is 0 Å². The van der Waals surface area contributed by atoms with Gasteiger partial charge in [-0.3, -0.25) is 9.59 Å². The van der Waals surface area contributed by atoms with Crippen molar-refractivity contribution in [1.29, 1.82) is 0 Å². The molecule has 0 saturated carbocycles. The number of amides is 1. The van der Waals surface area contributed by atoms with Crippen molar-refractivity contribution in [2.24, 2.45) is 17.8 Å². The van der Waals surface area contributed by atoms with E-state index in [0.717, 1.165) is 5.56 Å². The molecule has 1 N–H and O–H groups in total. The number of carbonyl (C=O) groups excluding carboxylic acids is 2. The molecule has 184 valence electrons. The predicted molar refractivity (Wildman–Crippen MR) is 131 cm³/mol. The van der Waals surface area contributed by atoms with E-state index in [1.807, 2.05) is 37.3 Å². The third-order valence-electron chi connectivity index (χ3n) is 6.56. The largest absolute Gasteiger partial charge is 0.481 e. The van der Waals surface area contributed by atoms with Crippen LogP contribution in [0, 0.1) is 17.8 Å². The topological polar surface area (TPSA) is 83.9 Å². The first-order valence-electron chi connectivity index (χ1n) is 11.8. The van der Waals surface area contributed by atoms with E-state index in [1.165, 1.54) is 0 Å². The number of carbonyl (C=O) groups is 3. The number of aliphatic carboxylic acids is 1. The molecule has 0 spiro atoms. The van der Waals surface area contributed by atoms with E-state index >= 15 is 0 Å². The number of rotatable bonds is 9. The quantitative estimate of drug-likeness (QED) is 0.430. The zero-order valence-corrected chi connectivity index (χ0v) is 21.0. The number of ether oxygens (including phenoxy) is 1. The van der Waals surface area contributed by atoms with Gasteiger partial charge in [-0.1, -0.05) is 60.8 Å². The number of hydrogen-bond acceptors (Lipinski definition) is 4. The zero-order chi connectivity index (χ0) is 24.8. The van der Waals surface area contributed by atoms with Gasteiger partial charge in [-0.15, -0.1) is 0 Å². The SMILES string of the molecule is CCCC(C(=O)OCC)N1C(=O)C(CC(=O)O)CC([C@H]2C=C(Cl)C=CC2)C1c1ccc(Cl)cc1. The number of carboxylic acids is 1. The fourth-order valence-electron chi connectivity index (χ4n) is 5.16. The molecule has 4 unspecified atom stereocenters. The summed E-state index contributed by atoms with van der Waals surface area (Å²) in [6.45, 7) is 3.87. The second kappa shape index (κ2) is 11.9. The summed E-state index contributed by atoms with van der Waals surface area (Å²) < 4.78 is 5.36. The predicted octanol–water partition coefficient (Wildman–Crippen LogP) is 5.75. The monoisotopic (exact) mass is 507 g/mol. The van der Waals surface area contributed by atoms with Crippen LogP contribution in [0.2, 0.25) is 5.02 Å². The van der Waals surface area contributed by atoms with Gasteiger partial charge in [0.1, 0.15) is 6.04 Å². The summed E-state index contributed by atoms with van der Waals surface area (Å²) >= 11 is 12.5. The minimum atomic E-state index is -1.04. The maximum Gasteiger partial charge on any atom is 0.328 e. The number of carboxylic acid groups (broad SMARTS) is 1. The molecule has 0 radical (unpaired) electrons. The Labute approximate surface area is 210 Å². The van der Waals surface area contributed by atoms with Crippen molar-refractivity contribution in [3.8, 4) is 0 Å². The molecule has 1 aliphatic heterocycles. The molecule has 8 heteroatoms. The average Bonchev–Trinajstić information content (AvgIpc) is 2.79. The molecule has 34 heavy (non-hydrogen) atoms. The lowest BCUT2D eigenvalue weighted by Gasteiger charge is -2.49. The Kier molecular flexibility index (Phi) is 9.20. The van der Waals surface area contributed by atoms with Gasteiger partial charge in [0.05, 0.1) is 19.1 Å². The smallest absolute Gasteiger partial charge is 0.328 e. The summed E-state index contributed by atoms with van der Waals surface area (Å²) in [5, 5.41) is 10.7. The van der Waals surface area contributed by atoms with Gasteiger partial charge in [-0.25, -0.2) is 4.79 Å². The molecule has 3 rings (SSSR count). The third kappa shape index (κ3) is 6.02.